The molecular weight excluding hydrogens is 274 g/mol. The fourth-order valence-corrected chi connectivity index (χ4v) is 1.61. The van der Waals surface area contributed by atoms with Crippen LogP contribution in [0, 0.1) is 11.6 Å². The quantitative estimate of drug-likeness (QED) is 0.597. The lowest BCUT2D eigenvalue weighted by Gasteiger charge is -2.09. The van der Waals surface area contributed by atoms with E-state index in [1.807, 2.05) is 0 Å². The summed E-state index contributed by atoms with van der Waals surface area (Å²) in [5, 5.41) is 3.37. The van der Waals surface area contributed by atoms with E-state index < -0.39 is 11.6 Å². The molecule has 1 heterocycles. The number of nitrogens with zero attached hydrogens (tertiary/aromatic N) is 1. The van der Waals surface area contributed by atoms with Crippen LogP contribution in [0.1, 0.15) is 5.56 Å². The average molecular weight is 285 g/mol. The van der Waals surface area contributed by atoms with Crippen molar-refractivity contribution >= 4 is 23.2 Å². The second kappa shape index (κ2) is 5.81. The van der Waals surface area contributed by atoms with E-state index in [9.17, 15) is 8.78 Å². The van der Waals surface area contributed by atoms with Crippen molar-refractivity contribution in [2.24, 2.45) is 5.84 Å². The number of hydrogen-bond acceptors (Lipinski definition) is 4. The Kier molecular flexibility index (Phi) is 4.13. The van der Waals surface area contributed by atoms with Gasteiger partial charge in [-0.15, -0.1) is 0 Å². The maximum atomic E-state index is 13.5. The number of nitrogen functional groups attached to an aromatic ring is 1. The number of nitrogens with two attached hydrogens (primary N) is 1. The number of nitrogens with one attached hydrogen (secondary N) is 2. The van der Waals surface area contributed by atoms with Crippen LogP contribution in [-0.4, -0.2) is 4.98 Å². The fourth-order valence-electron chi connectivity index (χ4n) is 1.48. The van der Waals surface area contributed by atoms with Crippen LogP contribution in [0.2, 0.25) is 5.02 Å². The minimum absolute atomic E-state index is 0.0794. The van der Waals surface area contributed by atoms with Crippen LogP contribution in [0.5, 0.6) is 0 Å². The summed E-state index contributed by atoms with van der Waals surface area (Å²) in [4.78, 5) is 3.70. The van der Waals surface area contributed by atoms with Gasteiger partial charge >= 0.3 is 0 Å². The molecule has 7 heteroatoms. The first-order valence-electron chi connectivity index (χ1n) is 5.41. The summed E-state index contributed by atoms with van der Waals surface area (Å²) in [6, 6.07) is 7.74. The van der Waals surface area contributed by atoms with Gasteiger partial charge in [0, 0.05) is 17.6 Å². The molecular formula is C12H11ClF2N4. The summed E-state index contributed by atoms with van der Waals surface area (Å²) in [5.74, 6) is 3.14. The van der Waals surface area contributed by atoms with Crippen molar-refractivity contribution in [3.05, 3.63) is 52.6 Å². The molecule has 0 aliphatic heterocycles. The van der Waals surface area contributed by atoms with E-state index in [0.717, 1.165) is 5.56 Å². The fraction of sp³-hybridized carbons (Fsp3) is 0.0833. The van der Waals surface area contributed by atoms with E-state index >= 15 is 0 Å². The molecule has 1 aromatic heterocycles. The van der Waals surface area contributed by atoms with Crippen molar-refractivity contribution in [3.8, 4) is 0 Å². The molecule has 4 nitrogen and oxygen atoms in total. The molecule has 2 rings (SSSR count). The minimum atomic E-state index is -0.850. The largest absolute Gasteiger partial charge is 0.363 e. The Labute approximate surface area is 113 Å². The molecule has 0 aliphatic carbocycles. The lowest BCUT2D eigenvalue weighted by atomic mass is 10.2. The van der Waals surface area contributed by atoms with E-state index in [2.05, 4.69) is 15.7 Å². The normalized spacial score (nSPS) is 10.3. The van der Waals surface area contributed by atoms with Crippen LogP contribution in [0.3, 0.4) is 0 Å². The number of benzene rings is 1. The summed E-state index contributed by atoms with van der Waals surface area (Å²) in [6.07, 6.45) is 0. The van der Waals surface area contributed by atoms with Crippen LogP contribution < -0.4 is 16.6 Å². The SMILES string of the molecule is NNc1nc(NCc2ccc(Cl)cc2)c(F)cc1F. The third-order valence-electron chi connectivity index (χ3n) is 2.44. The maximum absolute atomic E-state index is 13.5. The zero-order valence-electron chi connectivity index (χ0n) is 9.75. The molecule has 0 aliphatic rings. The standard InChI is InChI=1S/C12H11ClF2N4/c13-8-3-1-7(2-4-8)6-17-11-9(14)5-10(15)12(18-11)19-16/h1-5H,6,16H2,(H2,17,18,19). The van der Waals surface area contributed by atoms with Crippen molar-refractivity contribution in [2.75, 3.05) is 10.7 Å². The molecule has 19 heavy (non-hydrogen) atoms. The predicted molar refractivity (Wildman–Crippen MR) is 70.7 cm³/mol. The van der Waals surface area contributed by atoms with Crippen LogP contribution in [0.4, 0.5) is 20.4 Å². The highest BCUT2D eigenvalue weighted by molar-refractivity contribution is 6.30. The van der Waals surface area contributed by atoms with Crippen LogP contribution in [0.15, 0.2) is 30.3 Å². The number of rotatable bonds is 4. The first-order chi connectivity index (χ1) is 9.10. The number of hydrogen-bond donors (Lipinski definition) is 3. The topological polar surface area (TPSA) is 63.0 Å². The van der Waals surface area contributed by atoms with Crippen LogP contribution >= 0.6 is 11.6 Å². The van der Waals surface area contributed by atoms with E-state index in [0.29, 0.717) is 17.6 Å². The van der Waals surface area contributed by atoms with Gasteiger partial charge < -0.3 is 10.7 Å². The average Bonchev–Trinajstić information content (AvgIpc) is 2.40. The Hall–Kier alpha value is -1.92. The maximum Gasteiger partial charge on any atom is 0.178 e. The molecule has 4 N–H and O–H groups in total. The Morgan fingerprint density at radius 1 is 1.11 bits per heavy atom. The Balaban J connectivity index is 2.13. The molecule has 0 amide bonds. The molecule has 2 aromatic rings. The first-order valence-corrected chi connectivity index (χ1v) is 5.79. The van der Waals surface area contributed by atoms with Gasteiger partial charge in [0.1, 0.15) is 0 Å². The zero-order chi connectivity index (χ0) is 13.8. The van der Waals surface area contributed by atoms with Crippen LogP contribution in [-0.2, 0) is 6.54 Å². The second-order valence-corrected chi connectivity index (χ2v) is 4.21. The smallest absolute Gasteiger partial charge is 0.178 e. The summed E-state index contributed by atoms with van der Waals surface area (Å²) in [7, 11) is 0. The molecule has 0 fully saturated rings. The van der Waals surface area contributed by atoms with Crippen molar-refractivity contribution in [1.29, 1.82) is 0 Å². The summed E-state index contributed by atoms with van der Waals surface area (Å²) in [5.41, 5.74) is 2.94. The third-order valence-corrected chi connectivity index (χ3v) is 2.69. The van der Waals surface area contributed by atoms with Crippen molar-refractivity contribution in [2.45, 2.75) is 6.54 Å². The number of hydrazine groups is 1. The lowest BCUT2D eigenvalue weighted by molar-refractivity contribution is 0.578. The lowest BCUT2D eigenvalue weighted by Crippen LogP contribution is -2.13. The Bertz CT molecular complexity index is 575. The van der Waals surface area contributed by atoms with Gasteiger partial charge in [-0.2, -0.15) is 0 Å². The van der Waals surface area contributed by atoms with Gasteiger partial charge in [-0.25, -0.2) is 19.6 Å². The monoisotopic (exact) mass is 284 g/mol. The van der Waals surface area contributed by atoms with Gasteiger partial charge in [-0.05, 0) is 17.7 Å². The first kappa shape index (κ1) is 13.5. The highest BCUT2D eigenvalue weighted by Gasteiger charge is 2.10. The molecule has 0 saturated carbocycles. The number of anilines is 2. The summed E-state index contributed by atoms with van der Waals surface area (Å²) in [6.45, 7) is 0.330. The number of pyridine rings is 1. The highest BCUT2D eigenvalue weighted by atomic mass is 35.5. The Morgan fingerprint density at radius 3 is 2.37 bits per heavy atom. The van der Waals surface area contributed by atoms with E-state index in [-0.39, 0.29) is 11.6 Å². The number of halogens is 3. The number of aromatic nitrogens is 1. The van der Waals surface area contributed by atoms with E-state index in [1.165, 1.54) is 0 Å². The molecule has 0 radical (unpaired) electrons. The Morgan fingerprint density at radius 2 is 1.74 bits per heavy atom. The molecule has 100 valence electrons. The zero-order valence-corrected chi connectivity index (χ0v) is 10.5. The van der Waals surface area contributed by atoms with Crippen molar-refractivity contribution in [1.82, 2.24) is 4.98 Å². The van der Waals surface area contributed by atoms with Gasteiger partial charge in [0.2, 0.25) is 0 Å². The van der Waals surface area contributed by atoms with Gasteiger partial charge in [0.15, 0.2) is 23.3 Å². The van der Waals surface area contributed by atoms with Crippen LogP contribution in [0.25, 0.3) is 0 Å². The minimum Gasteiger partial charge on any atom is -0.363 e. The van der Waals surface area contributed by atoms with Crippen molar-refractivity contribution in [3.63, 3.8) is 0 Å². The van der Waals surface area contributed by atoms with E-state index in [1.54, 1.807) is 24.3 Å². The molecule has 0 spiro atoms. The molecule has 1 aromatic carbocycles. The summed E-state index contributed by atoms with van der Waals surface area (Å²) >= 11 is 5.75. The van der Waals surface area contributed by atoms with E-state index in [4.69, 9.17) is 17.4 Å². The summed E-state index contributed by atoms with van der Waals surface area (Å²) < 4.78 is 26.6. The van der Waals surface area contributed by atoms with Crippen molar-refractivity contribution < 1.29 is 8.78 Å². The molecule has 0 bridgehead atoms. The molecule has 0 unspecified atom stereocenters. The predicted octanol–water partition coefficient (Wildman–Crippen LogP) is 2.91. The van der Waals surface area contributed by atoms with Gasteiger partial charge in [-0.1, -0.05) is 23.7 Å². The van der Waals surface area contributed by atoms with Gasteiger partial charge in [0.25, 0.3) is 0 Å². The molecule has 0 atom stereocenters. The second-order valence-electron chi connectivity index (χ2n) is 3.77. The molecule has 0 saturated heterocycles. The highest BCUT2D eigenvalue weighted by Crippen LogP contribution is 2.19. The van der Waals surface area contributed by atoms with Gasteiger partial charge in [-0.3, -0.25) is 0 Å². The van der Waals surface area contributed by atoms with Gasteiger partial charge in [0.05, 0.1) is 0 Å². The third kappa shape index (κ3) is 3.30.